The maximum atomic E-state index is 12.7. The summed E-state index contributed by atoms with van der Waals surface area (Å²) < 4.78 is 53.7. The van der Waals surface area contributed by atoms with Gasteiger partial charge >= 0.3 is 0 Å². The van der Waals surface area contributed by atoms with Crippen molar-refractivity contribution in [3.8, 4) is 0 Å². The topological polar surface area (TPSA) is 113 Å². The first-order valence-electron chi connectivity index (χ1n) is 11.1. The summed E-state index contributed by atoms with van der Waals surface area (Å²) in [7, 11) is -7.35. The molecule has 0 saturated heterocycles. The predicted molar refractivity (Wildman–Crippen MR) is 145 cm³/mol. The number of carbonyl (C=O) groups excluding carboxylic acids is 1. The molecule has 3 aromatic rings. The van der Waals surface area contributed by atoms with Crippen LogP contribution in [0.3, 0.4) is 0 Å². The lowest BCUT2D eigenvalue weighted by atomic mass is 10.1. The average Bonchev–Trinajstić information content (AvgIpc) is 2.78. The maximum absolute atomic E-state index is 12.7. The second-order valence-corrected chi connectivity index (χ2v) is 12.4. The van der Waals surface area contributed by atoms with Gasteiger partial charge in [-0.05, 0) is 74.4 Å². The summed E-state index contributed by atoms with van der Waals surface area (Å²) in [6, 6.07) is 17.7. The molecule has 36 heavy (non-hydrogen) atoms. The van der Waals surface area contributed by atoms with E-state index in [0.717, 1.165) is 17.4 Å². The molecule has 0 heterocycles. The Labute approximate surface area is 217 Å². The molecule has 3 aromatic carbocycles. The van der Waals surface area contributed by atoms with E-state index < -0.39 is 20.0 Å². The Hall–Kier alpha value is -3.08. The Bertz CT molecular complexity index is 1460. The normalized spacial score (nSPS) is 11.7. The summed E-state index contributed by atoms with van der Waals surface area (Å²) in [6.45, 7) is 3.86. The van der Waals surface area contributed by atoms with Gasteiger partial charge in [-0.3, -0.25) is 13.8 Å². The van der Waals surface area contributed by atoms with Crippen LogP contribution in [0.2, 0.25) is 5.02 Å². The van der Waals surface area contributed by atoms with Gasteiger partial charge in [-0.15, -0.1) is 0 Å². The summed E-state index contributed by atoms with van der Waals surface area (Å²) >= 11 is 5.98. The lowest BCUT2D eigenvalue weighted by Crippen LogP contribution is -2.31. The third-order valence-electron chi connectivity index (χ3n) is 5.34. The van der Waals surface area contributed by atoms with Crippen LogP contribution in [-0.2, 0) is 24.8 Å². The molecule has 0 radical (unpaired) electrons. The van der Waals surface area contributed by atoms with E-state index in [-0.39, 0.29) is 30.2 Å². The molecule has 8 nitrogen and oxygen atoms in total. The molecule has 11 heteroatoms. The number of anilines is 3. The van der Waals surface area contributed by atoms with E-state index >= 15 is 0 Å². The number of amides is 1. The van der Waals surface area contributed by atoms with Crippen molar-refractivity contribution in [2.45, 2.75) is 31.6 Å². The molecular formula is C25H28ClN3O5S2. The Morgan fingerprint density at radius 3 is 2.25 bits per heavy atom. The van der Waals surface area contributed by atoms with E-state index in [4.69, 9.17) is 11.6 Å². The van der Waals surface area contributed by atoms with Crippen LogP contribution in [0.15, 0.2) is 71.6 Å². The molecule has 0 aromatic heterocycles. The number of sulfonamides is 2. The third kappa shape index (κ3) is 7.46. The van der Waals surface area contributed by atoms with Gasteiger partial charge in [0.05, 0.1) is 22.5 Å². The lowest BCUT2D eigenvalue weighted by Gasteiger charge is -2.22. The fourth-order valence-electron chi connectivity index (χ4n) is 3.57. The number of hydrogen-bond donors (Lipinski definition) is 2. The fraction of sp³-hybridized carbons (Fsp3) is 0.240. The minimum absolute atomic E-state index is 0.0609. The van der Waals surface area contributed by atoms with Gasteiger partial charge in [0, 0.05) is 23.7 Å². The number of nitrogens with one attached hydrogen (secondary N) is 2. The molecule has 3 rings (SSSR count). The van der Waals surface area contributed by atoms with Crippen molar-refractivity contribution < 1.29 is 21.6 Å². The number of carbonyl (C=O) groups is 1. The Balaban J connectivity index is 1.58. The number of benzene rings is 3. The molecule has 0 aliphatic carbocycles. The molecule has 0 spiro atoms. The first-order chi connectivity index (χ1) is 16.8. The van der Waals surface area contributed by atoms with Crippen LogP contribution in [0, 0.1) is 13.8 Å². The predicted octanol–water partition coefficient (Wildman–Crippen LogP) is 4.94. The smallest absolute Gasteiger partial charge is 0.261 e. The van der Waals surface area contributed by atoms with Crippen LogP contribution in [0.5, 0.6) is 0 Å². The van der Waals surface area contributed by atoms with Gasteiger partial charge in [0.15, 0.2) is 0 Å². The van der Waals surface area contributed by atoms with Crippen molar-refractivity contribution >= 4 is 54.6 Å². The SMILES string of the molecule is Cc1ccc(NS(=O)(=O)c2ccc(NC(=O)CCCN(c3cccc(Cl)c3)S(C)(=O)=O)cc2)c(C)c1. The summed E-state index contributed by atoms with van der Waals surface area (Å²) in [4.78, 5) is 12.5. The van der Waals surface area contributed by atoms with E-state index in [1.54, 1.807) is 30.3 Å². The van der Waals surface area contributed by atoms with Crippen molar-refractivity contribution in [3.05, 3.63) is 82.9 Å². The molecule has 0 aliphatic heterocycles. The van der Waals surface area contributed by atoms with Crippen LogP contribution in [0.4, 0.5) is 17.1 Å². The number of aryl methyl sites for hydroxylation is 2. The quantitative estimate of drug-likeness (QED) is 0.372. The van der Waals surface area contributed by atoms with E-state index in [2.05, 4.69) is 10.0 Å². The monoisotopic (exact) mass is 549 g/mol. The molecule has 0 saturated carbocycles. The Morgan fingerprint density at radius 2 is 1.64 bits per heavy atom. The number of nitrogens with zero attached hydrogens (tertiary/aromatic N) is 1. The zero-order valence-corrected chi connectivity index (χ0v) is 22.5. The maximum Gasteiger partial charge on any atom is 0.261 e. The van der Waals surface area contributed by atoms with Gasteiger partial charge in [0.2, 0.25) is 15.9 Å². The van der Waals surface area contributed by atoms with E-state index in [9.17, 15) is 21.6 Å². The highest BCUT2D eigenvalue weighted by Gasteiger charge is 2.18. The van der Waals surface area contributed by atoms with Crippen molar-refractivity contribution in [2.24, 2.45) is 0 Å². The van der Waals surface area contributed by atoms with E-state index in [1.165, 1.54) is 28.6 Å². The van der Waals surface area contributed by atoms with Crippen LogP contribution in [-0.4, -0.2) is 35.5 Å². The minimum atomic E-state index is -3.80. The van der Waals surface area contributed by atoms with Gasteiger partial charge in [-0.2, -0.15) is 0 Å². The highest BCUT2D eigenvalue weighted by atomic mass is 35.5. The summed E-state index contributed by atoms with van der Waals surface area (Å²) in [6.07, 6.45) is 1.44. The molecule has 0 fully saturated rings. The van der Waals surface area contributed by atoms with E-state index in [0.29, 0.717) is 22.1 Å². The van der Waals surface area contributed by atoms with E-state index in [1.807, 2.05) is 26.0 Å². The van der Waals surface area contributed by atoms with Crippen LogP contribution < -0.4 is 14.3 Å². The zero-order valence-electron chi connectivity index (χ0n) is 20.2. The van der Waals surface area contributed by atoms with Crippen LogP contribution >= 0.6 is 11.6 Å². The van der Waals surface area contributed by atoms with Gasteiger partial charge < -0.3 is 5.32 Å². The molecule has 2 N–H and O–H groups in total. The lowest BCUT2D eigenvalue weighted by molar-refractivity contribution is -0.116. The van der Waals surface area contributed by atoms with Crippen molar-refractivity contribution in [2.75, 3.05) is 27.1 Å². The molecule has 0 atom stereocenters. The van der Waals surface area contributed by atoms with Crippen molar-refractivity contribution in [1.82, 2.24) is 0 Å². The standard InChI is InChI=1S/C25H28ClN3O5S2/c1-18-9-14-24(19(2)16-18)28-36(33,34)23-12-10-21(11-13-23)27-25(30)8-5-15-29(35(3,31)32)22-7-4-6-20(26)17-22/h4,6-7,9-14,16-17,28H,5,8,15H2,1-3H3,(H,27,30). The summed E-state index contributed by atoms with van der Waals surface area (Å²) in [5.74, 6) is -0.321. The molecule has 1 amide bonds. The fourth-order valence-corrected chi connectivity index (χ4v) is 5.85. The first-order valence-corrected chi connectivity index (χ1v) is 14.8. The van der Waals surface area contributed by atoms with Crippen LogP contribution in [0.1, 0.15) is 24.0 Å². The highest BCUT2D eigenvalue weighted by molar-refractivity contribution is 7.92. The number of rotatable bonds is 10. The highest BCUT2D eigenvalue weighted by Crippen LogP contribution is 2.23. The molecule has 0 unspecified atom stereocenters. The second kappa shape index (κ2) is 11.3. The number of halogens is 1. The largest absolute Gasteiger partial charge is 0.326 e. The van der Waals surface area contributed by atoms with Crippen molar-refractivity contribution in [1.29, 1.82) is 0 Å². The minimum Gasteiger partial charge on any atom is -0.326 e. The molecular weight excluding hydrogens is 522 g/mol. The van der Waals surface area contributed by atoms with Crippen LogP contribution in [0.25, 0.3) is 0 Å². The zero-order chi connectivity index (χ0) is 26.5. The second-order valence-electron chi connectivity index (χ2n) is 8.41. The first kappa shape index (κ1) is 27.5. The molecule has 0 bridgehead atoms. The molecule has 0 aliphatic rings. The average molecular weight is 550 g/mol. The van der Waals surface area contributed by atoms with Gasteiger partial charge in [0.1, 0.15) is 0 Å². The van der Waals surface area contributed by atoms with Gasteiger partial charge in [-0.25, -0.2) is 16.8 Å². The van der Waals surface area contributed by atoms with Gasteiger partial charge in [-0.1, -0.05) is 35.4 Å². The van der Waals surface area contributed by atoms with Gasteiger partial charge in [0.25, 0.3) is 10.0 Å². The Morgan fingerprint density at radius 1 is 0.944 bits per heavy atom. The Kier molecular flexibility index (Phi) is 8.65. The third-order valence-corrected chi connectivity index (χ3v) is 8.15. The number of hydrogen-bond acceptors (Lipinski definition) is 5. The molecule has 192 valence electrons. The summed E-state index contributed by atoms with van der Waals surface area (Å²) in [5, 5.41) is 3.11. The van der Waals surface area contributed by atoms with Crippen molar-refractivity contribution in [3.63, 3.8) is 0 Å². The summed E-state index contributed by atoms with van der Waals surface area (Å²) in [5.41, 5.74) is 3.20.